The number of hydrogen-bond donors (Lipinski definition) is 3. The van der Waals surface area contributed by atoms with Gasteiger partial charge < -0.3 is 10.9 Å². The number of rotatable bonds is 1. The van der Waals surface area contributed by atoms with Gasteiger partial charge in [0.1, 0.15) is 11.6 Å². The fraction of sp³-hybridized carbons (Fsp3) is 0.125. The maximum atomic E-state index is 9.02. The fourth-order valence-electron chi connectivity index (χ4n) is 0.862. The normalized spacial score (nSPS) is 11.4. The number of hydrazine groups is 1. The summed E-state index contributed by atoms with van der Waals surface area (Å²) in [6.45, 7) is 1.69. The first-order chi connectivity index (χ1) is 6.15. The molecule has 0 radical (unpaired) electrons. The molecule has 5 heteroatoms. The van der Waals surface area contributed by atoms with E-state index in [9.17, 15) is 0 Å². The van der Waals surface area contributed by atoms with Crippen LogP contribution < -0.4 is 16.7 Å². The molecule has 0 saturated heterocycles. The van der Waals surface area contributed by atoms with Gasteiger partial charge in [-0.25, -0.2) is 5.84 Å². The Labute approximate surface area is 76.2 Å². The third kappa shape index (κ3) is 2.09. The van der Waals surface area contributed by atoms with E-state index in [1.807, 2.05) is 0 Å². The van der Waals surface area contributed by atoms with Crippen molar-refractivity contribution in [1.82, 2.24) is 0 Å². The molecule has 0 amide bonds. The molecule has 0 aliphatic heterocycles. The lowest BCUT2D eigenvalue weighted by Crippen LogP contribution is -2.36. The molecule has 0 fully saturated rings. The van der Waals surface area contributed by atoms with Gasteiger partial charge in [0.05, 0.1) is 5.69 Å². The van der Waals surface area contributed by atoms with Crippen LogP contribution in [0.3, 0.4) is 0 Å². The lowest BCUT2D eigenvalue weighted by molar-refractivity contribution is 0.475. The van der Waals surface area contributed by atoms with E-state index in [1.54, 1.807) is 31.2 Å². The number of anilines is 1. The van der Waals surface area contributed by atoms with Gasteiger partial charge in [-0.1, -0.05) is 0 Å². The summed E-state index contributed by atoms with van der Waals surface area (Å²) in [5.41, 5.74) is 0.713. The number of benzene rings is 1. The average Bonchev–Trinajstić information content (AvgIpc) is 2.17. The molecule has 0 spiro atoms. The summed E-state index contributed by atoms with van der Waals surface area (Å²) in [6.07, 6.45) is 0. The van der Waals surface area contributed by atoms with Crippen molar-refractivity contribution in [1.29, 1.82) is 0 Å². The van der Waals surface area contributed by atoms with Gasteiger partial charge in [0.2, 0.25) is 0 Å². The van der Waals surface area contributed by atoms with Crippen molar-refractivity contribution in [3.63, 3.8) is 0 Å². The van der Waals surface area contributed by atoms with Crippen LogP contribution in [0.25, 0.3) is 0 Å². The lowest BCUT2D eigenvalue weighted by Gasteiger charge is -2.16. The zero-order chi connectivity index (χ0) is 9.84. The van der Waals surface area contributed by atoms with Crippen LogP contribution in [-0.2, 0) is 0 Å². The second-order valence-electron chi connectivity index (χ2n) is 2.56. The molecule has 5 nitrogen and oxygen atoms in total. The van der Waals surface area contributed by atoms with Crippen molar-refractivity contribution < 1.29 is 5.11 Å². The summed E-state index contributed by atoms with van der Waals surface area (Å²) in [4.78, 5) is 0. The molecule has 1 aromatic carbocycles. The summed E-state index contributed by atoms with van der Waals surface area (Å²) in [5.74, 6) is 11.4. The van der Waals surface area contributed by atoms with E-state index < -0.39 is 0 Å². The number of nitrogens with zero attached hydrogens (tertiary/aromatic N) is 2. The third-order valence-electron chi connectivity index (χ3n) is 1.66. The molecule has 5 N–H and O–H groups in total. The minimum atomic E-state index is 0.194. The molecule has 13 heavy (non-hydrogen) atoms. The van der Waals surface area contributed by atoms with Gasteiger partial charge in [0.15, 0.2) is 0 Å². The minimum absolute atomic E-state index is 0.194. The van der Waals surface area contributed by atoms with Crippen LogP contribution >= 0.6 is 0 Å². The second-order valence-corrected chi connectivity index (χ2v) is 2.56. The minimum Gasteiger partial charge on any atom is -0.508 e. The van der Waals surface area contributed by atoms with E-state index in [-0.39, 0.29) is 5.75 Å². The van der Waals surface area contributed by atoms with E-state index in [2.05, 4.69) is 5.10 Å². The Balaban J connectivity index is 2.89. The second kappa shape index (κ2) is 3.77. The fourth-order valence-corrected chi connectivity index (χ4v) is 0.862. The van der Waals surface area contributed by atoms with Crippen LogP contribution in [-0.4, -0.2) is 10.9 Å². The Morgan fingerprint density at radius 1 is 1.38 bits per heavy atom. The monoisotopic (exact) mass is 180 g/mol. The number of phenolic OH excluding ortho intramolecular Hbond substituents is 1. The molecule has 0 aromatic heterocycles. The zero-order valence-corrected chi connectivity index (χ0v) is 7.31. The van der Waals surface area contributed by atoms with Gasteiger partial charge in [0.25, 0.3) is 0 Å². The molecule has 0 heterocycles. The Morgan fingerprint density at radius 2 is 1.92 bits per heavy atom. The van der Waals surface area contributed by atoms with Crippen molar-refractivity contribution in [2.24, 2.45) is 16.8 Å². The highest BCUT2D eigenvalue weighted by Gasteiger charge is 2.03. The van der Waals surface area contributed by atoms with Gasteiger partial charge in [-0.05, 0) is 31.2 Å². The summed E-state index contributed by atoms with van der Waals surface area (Å²) < 4.78 is 0. The van der Waals surface area contributed by atoms with Gasteiger partial charge in [-0.2, -0.15) is 5.10 Å². The molecule has 0 saturated carbocycles. The highest BCUT2D eigenvalue weighted by Crippen LogP contribution is 2.16. The lowest BCUT2D eigenvalue weighted by atomic mass is 10.3. The molecular weight excluding hydrogens is 168 g/mol. The van der Waals surface area contributed by atoms with Crippen molar-refractivity contribution in [3.8, 4) is 5.75 Å². The van der Waals surface area contributed by atoms with Crippen LogP contribution in [0.1, 0.15) is 6.92 Å². The number of aromatic hydroxyl groups is 1. The predicted octanol–water partition coefficient (Wildman–Crippen LogP) is 0.364. The van der Waals surface area contributed by atoms with E-state index in [4.69, 9.17) is 16.8 Å². The third-order valence-corrected chi connectivity index (χ3v) is 1.66. The zero-order valence-electron chi connectivity index (χ0n) is 7.31. The highest BCUT2D eigenvalue weighted by molar-refractivity contribution is 5.94. The predicted molar refractivity (Wildman–Crippen MR) is 52.1 cm³/mol. The molecule has 0 aliphatic rings. The van der Waals surface area contributed by atoms with Crippen LogP contribution in [0.2, 0.25) is 0 Å². The number of hydrogen-bond acceptors (Lipinski definition) is 4. The Hall–Kier alpha value is -1.75. The first-order valence-corrected chi connectivity index (χ1v) is 3.73. The largest absolute Gasteiger partial charge is 0.508 e. The van der Waals surface area contributed by atoms with Gasteiger partial charge >= 0.3 is 0 Å². The summed E-state index contributed by atoms with van der Waals surface area (Å²) in [7, 11) is 0. The molecule has 0 atom stereocenters. The average molecular weight is 180 g/mol. The summed E-state index contributed by atoms with van der Waals surface area (Å²) in [5, 5.41) is 13.8. The standard InChI is InChI=1S/C8H12N4O/c1-6(11-9)12(10)7-2-4-8(13)5-3-7/h2-5,13H,9-10H2,1H3/b11-6-. The first-order valence-electron chi connectivity index (χ1n) is 3.73. The summed E-state index contributed by atoms with van der Waals surface area (Å²) in [6, 6.07) is 6.42. The van der Waals surface area contributed by atoms with Crippen molar-refractivity contribution >= 4 is 11.5 Å². The molecule has 0 bridgehead atoms. The van der Waals surface area contributed by atoms with Crippen LogP contribution in [0.15, 0.2) is 29.4 Å². The maximum Gasteiger partial charge on any atom is 0.140 e. The van der Waals surface area contributed by atoms with Crippen molar-refractivity contribution in [2.45, 2.75) is 6.92 Å². The molecular formula is C8H12N4O. The Bertz CT molecular complexity index is 306. The van der Waals surface area contributed by atoms with Gasteiger partial charge in [-0.15, -0.1) is 0 Å². The molecule has 70 valence electrons. The van der Waals surface area contributed by atoms with E-state index >= 15 is 0 Å². The van der Waals surface area contributed by atoms with Gasteiger partial charge in [0, 0.05) is 0 Å². The first kappa shape index (κ1) is 9.34. The van der Waals surface area contributed by atoms with E-state index in [1.165, 1.54) is 5.01 Å². The Morgan fingerprint density at radius 3 is 2.38 bits per heavy atom. The maximum absolute atomic E-state index is 9.02. The number of phenols is 1. The van der Waals surface area contributed by atoms with E-state index in [0.29, 0.717) is 11.5 Å². The summed E-state index contributed by atoms with van der Waals surface area (Å²) >= 11 is 0. The van der Waals surface area contributed by atoms with Crippen LogP contribution in [0.4, 0.5) is 5.69 Å². The molecule has 0 unspecified atom stereocenters. The number of amidine groups is 1. The number of hydrazone groups is 1. The smallest absolute Gasteiger partial charge is 0.140 e. The van der Waals surface area contributed by atoms with Gasteiger partial charge in [-0.3, -0.25) is 5.01 Å². The SMILES string of the molecule is C/C(=N/N)N(N)c1ccc(O)cc1. The highest BCUT2D eigenvalue weighted by atomic mass is 16.3. The molecule has 0 aliphatic carbocycles. The van der Waals surface area contributed by atoms with Crippen molar-refractivity contribution in [3.05, 3.63) is 24.3 Å². The Kier molecular flexibility index (Phi) is 2.71. The van der Waals surface area contributed by atoms with Crippen molar-refractivity contribution in [2.75, 3.05) is 5.01 Å². The molecule has 1 rings (SSSR count). The van der Waals surface area contributed by atoms with Crippen LogP contribution in [0, 0.1) is 0 Å². The topological polar surface area (TPSA) is 87.9 Å². The van der Waals surface area contributed by atoms with Crippen LogP contribution in [0.5, 0.6) is 5.75 Å². The quantitative estimate of drug-likeness (QED) is 0.252. The molecule has 1 aromatic rings. The number of nitrogens with two attached hydrogens (primary N) is 2. The van der Waals surface area contributed by atoms with E-state index in [0.717, 1.165) is 0 Å².